The van der Waals surface area contributed by atoms with Gasteiger partial charge in [-0.25, -0.2) is 25.4 Å². The lowest BCUT2D eigenvalue weighted by molar-refractivity contribution is -0.126. The number of hydrogen-bond acceptors (Lipinski definition) is 5. The van der Waals surface area contributed by atoms with Gasteiger partial charge in [-0.05, 0) is 37.5 Å². The summed E-state index contributed by atoms with van der Waals surface area (Å²) in [4.78, 5) is 12.6. The molecule has 27 heavy (non-hydrogen) atoms. The summed E-state index contributed by atoms with van der Waals surface area (Å²) in [5, 5.41) is 2.82. The Labute approximate surface area is 161 Å². The van der Waals surface area contributed by atoms with Crippen LogP contribution in [0.2, 0.25) is 0 Å². The normalized spacial score (nSPS) is 19.2. The fourth-order valence-electron chi connectivity index (χ4n) is 2.92. The van der Waals surface area contributed by atoms with Crippen molar-refractivity contribution in [2.24, 2.45) is 5.92 Å². The molecule has 1 N–H and O–H groups in total. The zero-order chi connectivity index (χ0) is 20.2. The number of carbonyl (C=O) groups is 1. The van der Waals surface area contributed by atoms with E-state index in [1.165, 1.54) is 30.5 Å². The first-order valence-electron chi connectivity index (χ1n) is 8.85. The van der Waals surface area contributed by atoms with Crippen LogP contribution in [0.25, 0.3) is 0 Å². The number of nitrogens with zero attached hydrogens (tertiary/aromatic N) is 2. The zero-order valence-corrected chi connectivity index (χ0v) is 17.5. The van der Waals surface area contributed by atoms with Crippen molar-refractivity contribution in [3.05, 3.63) is 29.8 Å². The van der Waals surface area contributed by atoms with Crippen LogP contribution in [0, 0.1) is 5.92 Å². The molecule has 1 amide bonds. The van der Waals surface area contributed by atoms with Crippen LogP contribution in [0.3, 0.4) is 0 Å². The van der Waals surface area contributed by atoms with Crippen molar-refractivity contribution in [1.82, 2.24) is 13.9 Å². The van der Waals surface area contributed by atoms with Gasteiger partial charge >= 0.3 is 0 Å². The van der Waals surface area contributed by atoms with Gasteiger partial charge in [0.15, 0.2) is 0 Å². The number of hydrogen-bond donors (Lipinski definition) is 1. The zero-order valence-electron chi connectivity index (χ0n) is 15.9. The predicted octanol–water partition coefficient (Wildman–Crippen LogP) is 0.615. The lowest BCUT2D eigenvalue weighted by atomic mass is 9.99. The van der Waals surface area contributed by atoms with Crippen molar-refractivity contribution < 1.29 is 21.6 Å². The molecule has 1 saturated heterocycles. The van der Waals surface area contributed by atoms with E-state index in [1.54, 1.807) is 19.1 Å². The van der Waals surface area contributed by atoms with Crippen LogP contribution >= 0.6 is 0 Å². The Morgan fingerprint density at radius 3 is 2.37 bits per heavy atom. The second-order valence-corrected chi connectivity index (χ2v) is 11.2. The molecule has 0 aliphatic carbocycles. The highest BCUT2D eigenvalue weighted by atomic mass is 32.2. The topological polar surface area (TPSA) is 104 Å². The molecular weight excluding hydrogens is 390 g/mol. The molecule has 0 bridgehead atoms. The number of sulfonamides is 2. The minimum atomic E-state index is -3.48. The van der Waals surface area contributed by atoms with Crippen LogP contribution in [0.5, 0.6) is 0 Å². The molecule has 8 nitrogen and oxygen atoms in total. The molecule has 0 spiro atoms. The molecule has 1 aliphatic rings. The van der Waals surface area contributed by atoms with Gasteiger partial charge in [0.1, 0.15) is 0 Å². The maximum Gasteiger partial charge on any atom is 0.242 e. The van der Waals surface area contributed by atoms with Gasteiger partial charge in [-0.15, -0.1) is 0 Å². The molecule has 1 atom stereocenters. The molecule has 2 rings (SSSR count). The summed E-state index contributed by atoms with van der Waals surface area (Å²) in [6, 6.07) is 6.33. The maximum atomic E-state index is 12.4. The Hall–Kier alpha value is -1.49. The second kappa shape index (κ2) is 8.68. The molecule has 1 aromatic carbocycles. The Morgan fingerprint density at radius 1 is 1.19 bits per heavy atom. The summed E-state index contributed by atoms with van der Waals surface area (Å²) < 4.78 is 50.7. The molecule has 0 saturated carbocycles. The number of rotatable bonds is 7. The van der Waals surface area contributed by atoms with Gasteiger partial charge in [-0.1, -0.05) is 12.1 Å². The lowest BCUT2D eigenvalue weighted by Gasteiger charge is -2.30. The molecular formula is C17H27N3O5S2. The summed E-state index contributed by atoms with van der Waals surface area (Å²) >= 11 is 0. The fourth-order valence-corrected chi connectivity index (χ4v) is 5.00. The lowest BCUT2D eigenvalue weighted by Crippen LogP contribution is -2.45. The first-order chi connectivity index (χ1) is 12.6. The summed E-state index contributed by atoms with van der Waals surface area (Å²) in [6.45, 7) is 2.53. The van der Waals surface area contributed by atoms with Crippen molar-refractivity contribution in [3.63, 3.8) is 0 Å². The molecule has 1 aliphatic heterocycles. The summed E-state index contributed by atoms with van der Waals surface area (Å²) in [7, 11) is -3.83. The van der Waals surface area contributed by atoms with E-state index in [1.807, 2.05) is 0 Å². The molecule has 1 heterocycles. The van der Waals surface area contributed by atoms with Crippen molar-refractivity contribution in [3.8, 4) is 0 Å². The smallest absolute Gasteiger partial charge is 0.242 e. The predicted molar refractivity (Wildman–Crippen MR) is 103 cm³/mol. The van der Waals surface area contributed by atoms with E-state index >= 15 is 0 Å². The number of nitrogens with one attached hydrogen (secondary N) is 1. The molecule has 0 unspecified atom stereocenters. The quantitative estimate of drug-likeness (QED) is 0.700. The van der Waals surface area contributed by atoms with Crippen LogP contribution in [-0.4, -0.2) is 64.3 Å². The van der Waals surface area contributed by atoms with Gasteiger partial charge in [-0.3, -0.25) is 4.79 Å². The van der Waals surface area contributed by atoms with E-state index in [9.17, 15) is 21.6 Å². The van der Waals surface area contributed by atoms with Gasteiger partial charge < -0.3 is 5.32 Å². The molecule has 10 heteroatoms. The standard InChI is InChI=1S/C17H27N3O5S2/c1-4-26(22,23)20-11-5-6-15(13-20)17(21)18-12-14-7-9-16(10-8-14)27(24,25)19(2)3/h7-10,15H,4-6,11-13H2,1-3H3,(H,18,21)/t15-/m0/s1. The Morgan fingerprint density at radius 2 is 1.81 bits per heavy atom. The van der Waals surface area contributed by atoms with Gasteiger partial charge in [0, 0.05) is 33.7 Å². The van der Waals surface area contributed by atoms with Gasteiger partial charge in [-0.2, -0.15) is 0 Å². The first-order valence-corrected chi connectivity index (χ1v) is 11.9. The molecule has 0 aromatic heterocycles. The van der Waals surface area contributed by atoms with E-state index in [0.717, 1.165) is 9.87 Å². The van der Waals surface area contributed by atoms with E-state index in [4.69, 9.17) is 0 Å². The number of carbonyl (C=O) groups excluding carboxylic acids is 1. The van der Waals surface area contributed by atoms with Crippen molar-refractivity contribution >= 4 is 26.0 Å². The Bertz CT molecular complexity index is 864. The highest BCUT2D eigenvalue weighted by molar-refractivity contribution is 7.89. The van der Waals surface area contributed by atoms with Crippen LogP contribution < -0.4 is 5.32 Å². The van der Waals surface area contributed by atoms with Crippen LogP contribution in [-0.2, 0) is 31.4 Å². The summed E-state index contributed by atoms with van der Waals surface area (Å²) in [5.74, 6) is -0.520. The van der Waals surface area contributed by atoms with Gasteiger partial charge in [0.2, 0.25) is 26.0 Å². The van der Waals surface area contributed by atoms with E-state index in [0.29, 0.717) is 19.4 Å². The summed E-state index contributed by atoms with van der Waals surface area (Å²) in [6.07, 6.45) is 1.32. The van der Waals surface area contributed by atoms with Crippen LogP contribution in [0.4, 0.5) is 0 Å². The minimum Gasteiger partial charge on any atom is -0.352 e. The number of amides is 1. The fraction of sp³-hybridized carbons (Fsp3) is 0.588. The highest BCUT2D eigenvalue weighted by Gasteiger charge is 2.31. The Kier molecular flexibility index (Phi) is 7.01. The number of piperidine rings is 1. The van der Waals surface area contributed by atoms with Gasteiger partial charge in [0.25, 0.3) is 0 Å². The van der Waals surface area contributed by atoms with E-state index in [2.05, 4.69) is 5.32 Å². The second-order valence-electron chi connectivity index (χ2n) is 6.75. The van der Waals surface area contributed by atoms with E-state index < -0.39 is 20.0 Å². The van der Waals surface area contributed by atoms with Crippen LogP contribution in [0.15, 0.2) is 29.2 Å². The van der Waals surface area contributed by atoms with Crippen molar-refractivity contribution in [2.45, 2.75) is 31.2 Å². The molecule has 0 radical (unpaired) electrons. The van der Waals surface area contributed by atoms with E-state index in [-0.39, 0.29) is 35.6 Å². The largest absolute Gasteiger partial charge is 0.352 e. The maximum absolute atomic E-state index is 12.4. The molecule has 1 fully saturated rings. The van der Waals surface area contributed by atoms with Gasteiger partial charge in [0.05, 0.1) is 16.6 Å². The highest BCUT2D eigenvalue weighted by Crippen LogP contribution is 2.20. The molecule has 1 aromatic rings. The SMILES string of the molecule is CCS(=O)(=O)N1CCC[C@H](C(=O)NCc2ccc(S(=O)(=O)N(C)C)cc2)C1. The van der Waals surface area contributed by atoms with Crippen molar-refractivity contribution in [2.75, 3.05) is 32.9 Å². The third-order valence-electron chi connectivity index (χ3n) is 4.68. The third kappa shape index (κ3) is 5.28. The third-order valence-corrected chi connectivity index (χ3v) is 8.36. The van der Waals surface area contributed by atoms with Crippen molar-refractivity contribution in [1.29, 1.82) is 0 Å². The number of benzene rings is 1. The minimum absolute atomic E-state index is 0.0313. The Balaban J connectivity index is 1.95. The first kappa shape index (κ1) is 21.8. The average Bonchev–Trinajstić information content (AvgIpc) is 2.66. The average molecular weight is 418 g/mol. The van der Waals surface area contributed by atoms with Crippen LogP contribution in [0.1, 0.15) is 25.3 Å². The monoisotopic (exact) mass is 417 g/mol. The summed E-state index contributed by atoms with van der Waals surface area (Å²) in [5.41, 5.74) is 0.773. The molecule has 152 valence electrons.